The van der Waals surface area contributed by atoms with E-state index in [2.05, 4.69) is 5.32 Å². The van der Waals surface area contributed by atoms with Crippen molar-refractivity contribution in [2.45, 2.75) is 25.4 Å². The van der Waals surface area contributed by atoms with Gasteiger partial charge in [-0.2, -0.15) is 0 Å². The minimum atomic E-state index is -0.369. The van der Waals surface area contributed by atoms with Gasteiger partial charge in [0.25, 0.3) is 0 Å². The number of halogens is 2. The van der Waals surface area contributed by atoms with E-state index in [1.54, 1.807) is 24.1 Å². The van der Waals surface area contributed by atoms with Crippen LogP contribution in [0, 0.1) is 5.82 Å². The molecule has 1 aliphatic heterocycles. The molecule has 0 spiro atoms. The van der Waals surface area contributed by atoms with Gasteiger partial charge in [0.05, 0.1) is 5.02 Å². The predicted molar refractivity (Wildman–Crippen MR) is 68.9 cm³/mol. The van der Waals surface area contributed by atoms with Crippen molar-refractivity contribution in [2.24, 2.45) is 0 Å². The number of carbonyl (C=O) groups is 1. The molecular formula is C13H16ClFN2O. The van der Waals surface area contributed by atoms with E-state index >= 15 is 0 Å². The van der Waals surface area contributed by atoms with Crippen molar-refractivity contribution in [1.82, 2.24) is 10.2 Å². The highest BCUT2D eigenvalue weighted by Crippen LogP contribution is 2.18. The summed E-state index contributed by atoms with van der Waals surface area (Å²) in [6, 6.07) is 5.20. The van der Waals surface area contributed by atoms with Crippen molar-refractivity contribution in [3.63, 3.8) is 0 Å². The number of carbonyl (C=O) groups excluding carboxylic acids is 1. The maximum Gasteiger partial charge on any atom is 0.222 e. The van der Waals surface area contributed by atoms with Crippen LogP contribution >= 0.6 is 11.6 Å². The normalized spacial score (nSPS) is 20.3. The molecule has 1 aliphatic rings. The molecule has 0 radical (unpaired) electrons. The Labute approximate surface area is 111 Å². The second kappa shape index (κ2) is 5.67. The lowest BCUT2D eigenvalue weighted by Crippen LogP contribution is -2.46. The lowest BCUT2D eigenvalue weighted by molar-refractivity contribution is -0.132. The van der Waals surface area contributed by atoms with E-state index in [9.17, 15) is 9.18 Å². The molecule has 1 fully saturated rings. The summed E-state index contributed by atoms with van der Waals surface area (Å²) in [5, 5.41) is 3.41. The van der Waals surface area contributed by atoms with Gasteiger partial charge in [0, 0.05) is 38.2 Å². The van der Waals surface area contributed by atoms with Gasteiger partial charge in [-0.05, 0) is 12.5 Å². The fraction of sp³-hybridized carbons (Fsp3) is 0.462. The summed E-state index contributed by atoms with van der Waals surface area (Å²) in [6.07, 6.45) is 1.34. The lowest BCUT2D eigenvalue weighted by Gasteiger charge is -2.30. The highest BCUT2D eigenvalue weighted by molar-refractivity contribution is 6.30. The Morgan fingerprint density at radius 1 is 1.56 bits per heavy atom. The van der Waals surface area contributed by atoms with Gasteiger partial charge < -0.3 is 10.2 Å². The Kier molecular flexibility index (Phi) is 4.19. The first kappa shape index (κ1) is 13.3. The molecule has 18 heavy (non-hydrogen) atoms. The van der Waals surface area contributed by atoms with Crippen molar-refractivity contribution in [3.05, 3.63) is 34.6 Å². The van der Waals surface area contributed by atoms with Crippen LogP contribution in [0.25, 0.3) is 0 Å². The summed E-state index contributed by atoms with van der Waals surface area (Å²) >= 11 is 5.72. The molecule has 1 atom stereocenters. The molecule has 1 amide bonds. The van der Waals surface area contributed by atoms with Crippen molar-refractivity contribution < 1.29 is 9.18 Å². The average Bonchev–Trinajstić information content (AvgIpc) is 2.35. The smallest absolute Gasteiger partial charge is 0.222 e. The van der Waals surface area contributed by atoms with Gasteiger partial charge >= 0.3 is 0 Å². The van der Waals surface area contributed by atoms with Crippen molar-refractivity contribution in [1.29, 1.82) is 0 Å². The molecule has 0 saturated carbocycles. The molecular weight excluding hydrogens is 255 g/mol. The summed E-state index contributed by atoms with van der Waals surface area (Å²) in [5.41, 5.74) is 0.557. The topological polar surface area (TPSA) is 32.3 Å². The molecule has 1 aromatic rings. The second-order valence-electron chi connectivity index (χ2n) is 4.60. The molecule has 1 unspecified atom stereocenters. The van der Waals surface area contributed by atoms with Crippen LogP contribution in [0.5, 0.6) is 0 Å². The highest BCUT2D eigenvalue weighted by atomic mass is 35.5. The van der Waals surface area contributed by atoms with Crippen LogP contribution in [0.4, 0.5) is 4.39 Å². The molecule has 1 N–H and O–H groups in total. The summed E-state index contributed by atoms with van der Waals surface area (Å²) in [4.78, 5) is 13.0. The Morgan fingerprint density at radius 2 is 2.33 bits per heavy atom. The summed E-state index contributed by atoms with van der Waals surface area (Å²) in [5.74, 6) is -0.200. The third kappa shape index (κ3) is 3.00. The first-order valence-electron chi connectivity index (χ1n) is 5.98. The maximum absolute atomic E-state index is 13.7. The van der Waals surface area contributed by atoms with E-state index in [1.807, 2.05) is 0 Å². The Balaban J connectivity index is 1.92. The number of piperidine rings is 1. The van der Waals surface area contributed by atoms with Gasteiger partial charge in [-0.15, -0.1) is 0 Å². The quantitative estimate of drug-likeness (QED) is 0.913. The largest absolute Gasteiger partial charge is 0.344 e. The van der Waals surface area contributed by atoms with Crippen LogP contribution in [-0.4, -0.2) is 30.4 Å². The number of nitrogens with one attached hydrogen (secondary N) is 1. The SMILES string of the molecule is CN1CC(NCc2cccc(Cl)c2F)CCC1=O. The Bertz CT molecular complexity index is 453. The third-order valence-electron chi connectivity index (χ3n) is 3.24. The van der Waals surface area contributed by atoms with Gasteiger partial charge in [0.2, 0.25) is 5.91 Å². The minimum absolute atomic E-state index is 0.144. The molecule has 1 saturated heterocycles. The number of benzene rings is 1. The van der Waals surface area contributed by atoms with Gasteiger partial charge in [-0.25, -0.2) is 4.39 Å². The molecule has 2 rings (SSSR count). The van der Waals surface area contributed by atoms with Crippen molar-refractivity contribution >= 4 is 17.5 Å². The number of hydrogen-bond donors (Lipinski definition) is 1. The van der Waals surface area contributed by atoms with E-state index in [1.165, 1.54) is 6.07 Å². The van der Waals surface area contributed by atoms with Crippen molar-refractivity contribution in [3.8, 4) is 0 Å². The van der Waals surface area contributed by atoms with Crippen LogP contribution in [0.3, 0.4) is 0 Å². The lowest BCUT2D eigenvalue weighted by atomic mass is 10.1. The molecule has 1 aromatic carbocycles. The standard InChI is InChI=1S/C13H16ClFN2O/c1-17-8-10(5-6-12(17)18)16-7-9-3-2-4-11(14)13(9)15/h2-4,10,16H,5-8H2,1H3. The minimum Gasteiger partial charge on any atom is -0.344 e. The third-order valence-corrected chi connectivity index (χ3v) is 3.53. The maximum atomic E-state index is 13.7. The molecule has 0 aromatic heterocycles. The number of likely N-dealkylation sites (N-methyl/N-ethyl adjacent to an activating group) is 1. The van der Waals surface area contributed by atoms with Gasteiger partial charge in [0.1, 0.15) is 5.82 Å². The fourth-order valence-electron chi connectivity index (χ4n) is 2.12. The van der Waals surface area contributed by atoms with Crippen LogP contribution in [-0.2, 0) is 11.3 Å². The number of nitrogens with zero attached hydrogens (tertiary/aromatic N) is 1. The first-order valence-corrected chi connectivity index (χ1v) is 6.36. The number of amides is 1. The number of rotatable bonds is 3. The summed E-state index contributed by atoms with van der Waals surface area (Å²) in [7, 11) is 1.79. The van der Waals surface area contributed by atoms with Gasteiger partial charge in [-0.1, -0.05) is 23.7 Å². The monoisotopic (exact) mass is 270 g/mol. The van der Waals surface area contributed by atoms with Gasteiger partial charge in [0.15, 0.2) is 0 Å². The summed E-state index contributed by atoms with van der Waals surface area (Å²) in [6.45, 7) is 1.10. The predicted octanol–water partition coefficient (Wildman–Crippen LogP) is 2.19. The molecule has 3 nitrogen and oxygen atoms in total. The number of hydrogen-bond acceptors (Lipinski definition) is 2. The van der Waals surface area contributed by atoms with E-state index in [0.717, 1.165) is 6.42 Å². The zero-order chi connectivity index (χ0) is 13.1. The van der Waals surface area contributed by atoms with Crippen LogP contribution in [0.2, 0.25) is 5.02 Å². The second-order valence-corrected chi connectivity index (χ2v) is 5.01. The van der Waals surface area contributed by atoms with Crippen molar-refractivity contribution in [2.75, 3.05) is 13.6 Å². The zero-order valence-electron chi connectivity index (χ0n) is 10.2. The average molecular weight is 271 g/mol. The zero-order valence-corrected chi connectivity index (χ0v) is 11.0. The van der Waals surface area contributed by atoms with Crippen LogP contribution in [0.15, 0.2) is 18.2 Å². The first-order chi connectivity index (χ1) is 8.58. The van der Waals surface area contributed by atoms with E-state index < -0.39 is 0 Å². The van der Waals surface area contributed by atoms with Crippen LogP contribution in [0.1, 0.15) is 18.4 Å². The molecule has 0 bridgehead atoms. The summed E-state index contributed by atoms with van der Waals surface area (Å²) < 4.78 is 13.7. The highest BCUT2D eigenvalue weighted by Gasteiger charge is 2.22. The Hall–Kier alpha value is -1.13. The van der Waals surface area contributed by atoms with E-state index in [-0.39, 0.29) is 22.8 Å². The molecule has 0 aliphatic carbocycles. The van der Waals surface area contributed by atoms with Crippen LogP contribution < -0.4 is 5.32 Å². The van der Waals surface area contributed by atoms with E-state index in [0.29, 0.717) is 25.1 Å². The Morgan fingerprint density at radius 3 is 3.06 bits per heavy atom. The van der Waals surface area contributed by atoms with E-state index in [4.69, 9.17) is 11.6 Å². The van der Waals surface area contributed by atoms with Gasteiger partial charge in [-0.3, -0.25) is 4.79 Å². The molecule has 98 valence electrons. The molecule has 1 heterocycles. The fourth-order valence-corrected chi connectivity index (χ4v) is 2.31. The number of likely N-dealkylation sites (tertiary alicyclic amines) is 1. The molecule has 5 heteroatoms.